The van der Waals surface area contributed by atoms with Crippen LogP contribution in [0.15, 0.2) is 66.5 Å². The first-order chi connectivity index (χ1) is 9.31. The molecule has 0 unspecified atom stereocenters. The molecule has 0 aliphatic carbocycles. The minimum atomic E-state index is -0.0567. The Bertz CT molecular complexity index is 784. The molecule has 2 aromatic heterocycles. The Kier molecular flexibility index (Phi) is 2.76. The van der Waals surface area contributed by atoms with Crippen molar-refractivity contribution in [3.8, 4) is 11.3 Å². The van der Waals surface area contributed by atoms with Crippen molar-refractivity contribution >= 4 is 5.52 Å². The van der Waals surface area contributed by atoms with Gasteiger partial charge in [0.25, 0.3) is 5.56 Å². The minimum Gasteiger partial charge on any atom is -0.308 e. The van der Waals surface area contributed by atoms with Crippen molar-refractivity contribution in [3.63, 3.8) is 0 Å². The lowest BCUT2D eigenvalue weighted by atomic mass is 10.1. The lowest BCUT2D eigenvalue weighted by Gasteiger charge is -2.03. The smallest absolute Gasteiger partial charge is 0.277 e. The summed E-state index contributed by atoms with van der Waals surface area (Å²) >= 11 is 0. The number of aromatic nitrogens is 3. The molecule has 0 radical (unpaired) electrons. The highest BCUT2D eigenvalue weighted by atomic mass is 16.1. The highest BCUT2D eigenvalue weighted by molar-refractivity contribution is 5.76. The first-order valence-electron chi connectivity index (χ1n) is 6.03. The van der Waals surface area contributed by atoms with Crippen LogP contribution in [-0.2, 0) is 6.54 Å². The summed E-state index contributed by atoms with van der Waals surface area (Å²) in [5.74, 6) is 0. The van der Waals surface area contributed by atoms with Gasteiger partial charge in [0.15, 0.2) is 0 Å². The van der Waals surface area contributed by atoms with E-state index in [9.17, 15) is 4.79 Å². The van der Waals surface area contributed by atoms with Crippen LogP contribution in [0.1, 0.15) is 0 Å². The summed E-state index contributed by atoms with van der Waals surface area (Å²) in [6.45, 7) is 4.16. The topological polar surface area (TPSA) is 39.3 Å². The average molecular weight is 251 g/mol. The van der Waals surface area contributed by atoms with Gasteiger partial charge in [-0.15, -0.1) is 6.58 Å². The zero-order valence-electron chi connectivity index (χ0n) is 10.4. The van der Waals surface area contributed by atoms with Gasteiger partial charge in [-0.1, -0.05) is 36.4 Å². The van der Waals surface area contributed by atoms with Crippen molar-refractivity contribution < 1.29 is 0 Å². The van der Waals surface area contributed by atoms with E-state index in [0.29, 0.717) is 17.8 Å². The van der Waals surface area contributed by atoms with E-state index in [1.807, 2.05) is 36.5 Å². The van der Waals surface area contributed by atoms with Crippen LogP contribution >= 0.6 is 0 Å². The maximum absolute atomic E-state index is 12.4. The van der Waals surface area contributed by atoms with Gasteiger partial charge in [0.1, 0.15) is 17.5 Å². The Labute approximate surface area is 110 Å². The third-order valence-corrected chi connectivity index (χ3v) is 3.04. The van der Waals surface area contributed by atoms with Crippen molar-refractivity contribution in [1.82, 2.24) is 14.0 Å². The third kappa shape index (κ3) is 1.87. The van der Waals surface area contributed by atoms with Gasteiger partial charge in [0, 0.05) is 24.5 Å². The molecular weight excluding hydrogens is 238 g/mol. The van der Waals surface area contributed by atoms with Crippen molar-refractivity contribution in [3.05, 3.63) is 72.1 Å². The number of benzene rings is 1. The fourth-order valence-electron chi connectivity index (χ4n) is 2.13. The number of rotatable bonds is 3. The van der Waals surface area contributed by atoms with Gasteiger partial charge in [0.05, 0.1) is 0 Å². The second-order valence-electron chi connectivity index (χ2n) is 4.26. The van der Waals surface area contributed by atoms with E-state index in [4.69, 9.17) is 0 Å². The predicted molar refractivity (Wildman–Crippen MR) is 75.1 cm³/mol. The maximum Gasteiger partial charge on any atom is 0.277 e. The van der Waals surface area contributed by atoms with Crippen LogP contribution in [-0.4, -0.2) is 14.0 Å². The van der Waals surface area contributed by atoms with Crippen LogP contribution in [0.25, 0.3) is 16.8 Å². The Morgan fingerprint density at radius 3 is 2.74 bits per heavy atom. The zero-order chi connectivity index (χ0) is 13.2. The molecule has 2 heterocycles. The van der Waals surface area contributed by atoms with E-state index in [1.165, 1.54) is 0 Å². The normalized spacial score (nSPS) is 10.7. The van der Waals surface area contributed by atoms with Crippen LogP contribution in [0, 0.1) is 0 Å². The number of nitrogens with zero attached hydrogens (tertiary/aromatic N) is 3. The van der Waals surface area contributed by atoms with E-state index in [2.05, 4.69) is 11.6 Å². The van der Waals surface area contributed by atoms with Gasteiger partial charge in [-0.05, 0) is 0 Å². The number of hydrogen-bond acceptors (Lipinski definition) is 2. The van der Waals surface area contributed by atoms with Gasteiger partial charge in [0.2, 0.25) is 0 Å². The van der Waals surface area contributed by atoms with Gasteiger partial charge in [-0.3, -0.25) is 9.20 Å². The Morgan fingerprint density at radius 1 is 1.21 bits per heavy atom. The van der Waals surface area contributed by atoms with Gasteiger partial charge < -0.3 is 4.57 Å². The molecule has 0 spiro atoms. The Hall–Kier alpha value is -2.62. The molecular formula is C15H13N3O. The maximum atomic E-state index is 12.4. The molecule has 0 fully saturated rings. The second-order valence-corrected chi connectivity index (χ2v) is 4.26. The second kappa shape index (κ2) is 4.57. The van der Waals surface area contributed by atoms with Crippen LogP contribution < -0.4 is 5.56 Å². The molecule has 0 amide bonds. The quantitative estimate of drug-likeness (QED) is 0.670. The van der Waals surface area contributed by atoms with Gasteiger partial charge in [-0.25, -0.2) is 4.98 Å². The SMILES string of the molecule is C=CCn1ccn2cnc(-c3ccccc3)c2c1=O. The van der Waals surface area contributed by atoms with Gasteiger partial charge in [-0.2, -0.15) is 0 Å². The lowest BCUT2D eigenvalue weighted by Crippen LogP contribution is -2.20. The van der Waals surface area contributed by atoms with Gasteiger partial charge >= 0.3 is 0 Å². The van der Waals surface area contributed by atoms with E-state index in [1.54, 1.807) is 27.6 Å². The molecule has 0 aliphatic rings. The molecule has 1 aromatic carbocycles. The first-order valence-corrected chi connectivity index (χ1v) is 6.03. The van der Waals surface area contributed by atoms with Crippen LogP contribution in [0.4, 0.5) is 0 Å². The van der Waals surface area contributed by atoms with Crippen molar-refractivity contribution in [2.24, 2.45) is 0 Å². The monoisotopic (exact) mass is 251 g/mol. The molecule has 0 atom stereocenters. The molecule has 0 bridgehead atoms. The van der Waals surface area contributed by atoms with Crippen LogP contribution in [0.3, 0.4) is 0 Å². The third-order valence-electron chi connectivity index (χ3n) is 3.04. The van der Waals surface area contributed by atoms with Crippen LogP contribution in [0.2, 0.25) is 0 Å². The fourth-order valence-corrected chi connectivity index (χ4v) is 2.13. The number of fused-ring (bicyclic) bond motifs is 1. The molecule has 0 N–H and O–H groups in total. The molecule has 3 aromatic rings. The van der Waals surface area contributed by atoms with Crippen molar-refractivity contribution in [2.75, 3.05) is 0 Å². The highest BCUT2D eigenvalue weighted by Crippen LogP contribution is 2.20. The minimum absolute atomic E-state index is 0.0567. The van der Waals surface area contributed by atoms with Crippen molar-refractivity contribution in [2.45, 2.75) is 6.54 Å². The largest absolute Gasteiger partial charge is 0.308 e. The zero-order valence-corrected chi connectivity index (χ0v) is 10.4. The summed E-state index contributed by atoms with van der Waals surface area (Å²) in [7, 11) is 0. The molecule has 3 rings (SSSR count). The van der Waals surface area contributed by atoms with E-state index in [-0.39, 0.29) is 5.56 Å². The average Bonchev–Trinajstić information content (AvgIpc) is 2.88. The van der Waals surface area contributed by atoms with E-state index in [0.717, 1.165) is 5.56 Å². The summed E-state index contributed by atoms with van der Waals surface area (Å²) in [4.78, 5) is 16.8. The number of imidazole rings is 1. The molecule has 94 valence electrons. The summed E-state index contributed by atoms with van der Waals surface area (Å²) in [6.07, 6.45) is 6.95. The molecule has 4 heteroatoms. The summed E-state index contributed by atoms with van der Waals surface area (Å²) in [6, 6.07) is 9.72. The summed E-state index contributed by atoms with van der Waals surface area (Å²) in [5.41, 5.74) is 2.19. The molecule has 4 nitrogen and oxygen atoms in total. The molecule has 0 aliphatic heterocycles. The number of allylic oxidation sites excluding steroid dienone is 1. The molecule has 0 saturated carbocycles. The first kappa shape index (κ1) is 11.5. The van der Waals surface area contributed by atoms with Crippen molar-refractivity contribution in [1.29, 1.82) is 0 Å². The molecule has 19 heavy (non-hydrogen) atoms. The summed E-state index contributed by atoms with van der Waals surface area (Å²) in [5, 5.41) is 0. The highest BCUT2D eigenvalue weighted by Gasteiger charge is 2.11. The van der Waals surface area contributed by atoms with E-state index >= 15 is 0 Å². The van der Waals surface area contributed by atoms with Crippen LogP contribution in [0.5, 0.6) is 0 Å². The van der Waals surface area contributed by atoms with E-state index < -0.39 is 0 Å². The predicted octanol–water partition coefficient (Wildman–Crippen LogP) is 2.35. The summed E-state index contributed by atoms with van der Waals surface area (Å²) < 4.78 is 3.38. The lowest BCUT2D eigenvalue weighted by molar-refractivity contribution is 0.773. The fraction of sp³-hybridized carbons (Fsp3) is 0.0667. The number of hydrogen-bond donors (Lipinski definition) is 0. The standard InChI is InChI=1S/C15H13N3O/c1-2-8-17-9-10-18-11-16-13(14(18)15(17)19)12-6-4-3-5-7-12/h2-7,9-11H,1,8H2. The Balaban J connectivity index is 2.30. The molecule has 0 saturated heterocycles. The Morgan fingerprint density at radius 2 is 2.00 bits per heavy atom.